The molecule has 4 aromatic rings. The van der Waals surface area contributed by atoms with Crippen LogP contribution in [0.5, 0.6) is 0 Å². The fraction of sp³-hybridized carbons (Fsp3) is 0.200. The van der Waals surface area contributed by atoms with Crippen molar-refractivity contribution in [2.75, 3.05) is 36.0 Å². The van der Waals surface area contributed by atoms with Crippen LogP contribution in [0.2, 0.25) is 10.0 Å². The van der Waals surface area contributed by atoms with Gasteiger partial charge < -0.3 is 15.1 Å². The summed E-state index contributed by atoms with van der Waals surface area (Å²) in [6.45, 7) is 3.53. The first-order valence-electron chi connectivity index (χ1n) is 11.0. The summed E-state index contributed by atoms with van der Waals surface area (Å²) < 4.78 is 0. The van der Waals surface area contributed by atoms with E-state index in [0.717, 1.165) is 54.0 Å². The lowest BCUT2D eigenvalue weighted by molar-refractivity contribution is 0.0947. The monoisotopic (exact) mass is 492 g/mol. The van der Waals surface area contributed by atoms with Crippen molar-refractivity contribution >= 4 is 51.4 Å². The van der Waals surface area contributed by atoms with Gasteiger partial charge in [-0.3, -0.25) is 9.78 Å². The summed E-state index contributed by atoms with van der Waals surface area (Å²) in [4.78, 5) is 21.5. The van der Waals surface area contributed by atoms with E-state index in [2.05, 4.69) is 30.3 Å². The van der Waals surface area contributed by atoms with Gasteiger partial charge in [-0.2, -0.15) is 0 Å². The van der Waals surface area contributed by atoms with E-state index >= 15 is 0 Å². The molecular weight excluding hydrogens is 471 g/mol. The minimum Gasteiger partial charge on any atom is -0.368 e. The van der Waals surface area contributed by atoms with E-state index in [1.807, 2.05) is 54.6 Å². The van der Waals surface area contributed by atoms with Crippen molar-refractivity contribution in [1.29, 1.82) is 0 Å². The van der Waals surface area contributed by atoms with Crippen LogP contribution >= 0.6 is 23.2 Å². The first-order valence-corrected chi connectivity index (χ1v) is 11.7. The Balaban J connectivity index is 1.34. The van der Waals surface area contributed by atoms with Crippen molar-refractivity contribution in [2.24, 2.45) is 0 Å². The van der Waals surface area contributed by atoms with Gasteiger partial charge in [0.1, 0.15) is 0 Å². The number of hydrogen-bond acceptors (Lipinski definition) is 6. The van der Waals surface area contributed by atoms with Crippen LogP contribution in [0.3, 0.4) is 0 Å². The van der Waals surface area contributed by atoms with Crippen molar-refractivity contribution in [3.63, 3.8) is 0 Å². The topological polar surface area (TPSA) is 74.2 Å². The lowest BCUT2D eigenvalue weighted by atomic mass is 10.1. The minimum absolute atomic E-state index is 0.261. The second-order valence-electron chi connectivity index (χ2n) is 8.03. The van der Waals surface area contributed by atoms with Crippen LogP contribution in [0, 0.1) is 0 Å². The number of carbonyl (C=O) groups excluding carboxylic acids is 1. The zero-order valence-electron chi connectivity index (χ0n) is 18.3. The van der Waals surface area contributed by atoms with Crippen LogP contribution in [0.1, 0.15) is 16.1 Å². The molecule has 0 spiro atoms. The van der Waals surface area contributed by atoms with E-state index < -0.39 is 0 Å². The van der Waals surface area contributed by atoms with Gasteiger partial charge in [-0.05, 0) is 29.8 Å². The number of carbonyl (C=O) groups is 1. The summed E-state index contributed by atoms with van der Waals surface area (Å²) in [5.41, 5.74) is 2.29. The number of rotatable bonds is 5. The summed E-state index contributed by atoms with van der Waals surface area (Å²) in [6, 6.07) is 17.2. The van der Waals surface area contributed by atoms with Crippen molar-refractivity contribution in [3.8, 4) is 0 Å². The third kappa shape index (κ3) is 4.62. The highest BCUT2D eigenvalue weighted by molar-refractivity contribution is 6.42. The zero-order valence-corrected chi connectivity index (χ0v) is 19.8. The van der Waals surface area contributed by atoms with E-state index in [9.17, 15) is 4.79 Å². The molecule has 34 heavy (non-hydrogen) atoms. The molecule has 3 heterocycles. The van der Waals surface area contributed by atoms with Crippen LogP contribution < -0.4 is 15.1 Å². The van der Waals surface area contributed by atoms with Crippen LogP contribution in [0.15, 0.2) is 67.0 Å². The van der Waals surface area contributed by atoms with E-state index in [1.54, 1.807) is 12.4 Å². The summed E-state index contributed by atoms with van der Waals surface area (Å²) in [7, 11) is 0. The number of amides is 1. The Hall–Kier alpha value is -3.42. The average Bonchev–Trinajstić information content (AvgIpc) is 2.89. The van der Waals surface area contributed by atoms with Crippen molar-refractivity contribution in [1.82, 2.24) is 20.5 Å². The number of aromatic nitrogens is 3. The lowest BCUT2D eigenvalue weighted by Crippen LogP contribution is -2.47. The van der Waals surface area contributed by atoms with Gasteiger partial charge in [0.2, 0.25) is 0 Å². The molecule has 1 saturated heterocycles. The Morgan fingerprint density at radius 3 is 2.38 bits per heavy atom. The average molecular weight is 493 g/mol. The molecule has 172 valence electrons. The van der Waals surface area contributed by atoms with Crippen LogP contribution in [0.4, 0.5) is 11.5 Å². The Morgan fingerprint density at radius 1 is 0.882 bits per heavy atom. The van der Waals surface area contributed by atoms with Crippen molar-refractivity contribution in [2.45, 2.75) is 6.54 Å². The normalized spacial score (nSPS) is 13.8. The van der Waals surface area contributed by atoms with Crippen molar-refractivity contribution < 1.29 is 4.79 Å². The van der Waals surface area contributed by atoms with Gasteiger partial charge in [-0.1, -0.05) is 53.5 Å². The molecule has 1 N–H and O–H groups in total. The van der Waals surface area contributed by atoms with Crippen LogP contribution in [-0.2, 0) is 6.54 Å². The van der Waals surface area contributed by atoms with Crippen LogP contribution in [0.25, 0.3) is 10.8 Å². The quantitative estimate of drug-likeness (QED) is 0.439. The summed E-state index contributed by atoms with van der Waals surface area (Å²) in [5, 5.41) is 14.5. The highest BCUT2D eigenvalue weighted by Gasteiger charge is 2.23. The molecule has 2 aromatic carbocycles. The van der Waals surface area contributed by atoms with Gasteiger partial charge in [0, 0.05) is 61.6 Å². The standard InChI is InChI=1S/C25H22Cl2N6O/c26-21-8-7-18(14-22(21)27)32-10-12-33(13-11-32)24-20-6-2-1-5-19(20)23(30-31-24)25(34)29-16-17-4-3-9-28-15-17/h1-9,14-15H,10-13,16H2,(H,29,34). The van der Waals surface area contributed by atoms with Crippen molar-refractivity contribution in [3.05, 3.63) is 88.3 Å². The molecule has 1 aliphatic heterocycles. The third-order valence-corrected chi connectivity index (χ3v) is 6.65. The number of piperazine rings is 1. The summed E-state index contributed by atoms with van der Waals surface area (Å²) in [5.74, 6) is 0.525. The number of halogens is 2. The third-order valence-electron chi connectivity index (χ3n) is 5.91. The number of benzene rings is 2. The number of hydrogen-bond donors (Lipinski definition) is 1. The first kappa shape index (κ1) is 22.4. The van der Waals surface area contributed by atoms with E-state index in [0.29, 0.717) is 22.3 Å². The molecule has 0 bridgehead atoms. The molecule has 0 radical (unpaired) electrons. The Labute approximate surface area is 207 Å². The molecule has 9 heteroatoms. The molecule has 5 rings (SSSR count). The molecule has 0 aliphatic carbocycles. The fourth-order valence-corrected chi connectivity index (χ4v) is 4.41. The minimum atomic E-state index is -0.261. The molecule has 7 nitrogen and oxygen atoms in total. The number of fused-ring (bicyclic) bond motifs is 1. The largest absolute Gasteiger partial charge is 0.368 e. The maximum atomic E-state index is 12.9. The first-order chi connectivity index (χ1) is 16.6. The van der Waals surface area contributed by atoms with Gasteiger partial charge in [0.05, 0.1) is 10.0 Å². The molecular formula is C25H22Cl2N6O. The Kier molecular flexibility index (Phi) is 6.47. The van der Waals surface area contributed by atoms with Crippen LogP contribution in [-0.4, -0.2) is 47.3 Å². The Bertz CT molecular complexity index is 1330. The molecule has 1 amide bonds. The molecule has 0 unspecified atom stereocenters. The van der Waals surface area contributed by atoms with Gasteiger partial charge in [-0.25, -0.2) is 0 Å². The molecule has 1 aliphatic rings. The summed E-state index contributed by atoms with van der Waals surface area (Å²) >= 11 is 12.3. The number of anilines is 2. The smallest absolute Gasteiger partial charge is 0.272 e. The van der Waals surface area contributed by atoms with E-state index in [4.69, 9.17) is 23.2 Å². The van der Waals surface area contributed by atoms with E-state index in [1.165, 1.54) is 0 Å². The molecule has 0 atom stereocenters. The second-order valence-corrected chi connectivity index (χ2v) is 8.85. The molecule has 2 aromatic heterocycles. The number of nitrogens with one attached hydrogen (secondary N) is 1. The second kappa shape index (κ2) is 9.83. The molecule has 0 saturated carbocycles. The fourth-order valence-electron chi connectivity index (χ4n) is 4.12. The zero-order chi connectivity index (χ0) is 23.5. The lowest BCUT2D eigenvalue weighted by Gasteiger charge is -2.37. The van der Waals surface area contributed by atoms with Gasteiger partial charge in [0.25, 0.3) is 5.91 Å². The van der Waals surface area contributed by atoms with Gasteiger partial charge in [0.15, 0.2) is 11.5 Å². The maximum Gasteiger partial charge on any atom is 0.272 e. The Morgan fingerprint density at radius 2 is 1.65 bits per heavy atom. The predicted molar refractivity (Wildman–Crippen MR) is 136 cm³/mol. The van der Waals surface area contributed by atoms with E-state index in [-0.39, 0.29) is 5.91 Å². The number of nitrogens with zero attached hydrogens (tertiary/aromatic N) is 5. The number of pyridine rings is 1. The highest BCUT2D eigenvalue weighted by Crippen LogP contribution is 2.30. The maximum absolute atomic E-state index is 12.9. The van der Waals surface area contributed by atoms with Gasteiger partial charge >= 0.3 is 0 Å². The molecule has 1 fully saturated rings. The predicted octanol–water partition coefficient (Wildman–Crippen LogP) is 4.59. The SMILES string of the molecule is O=C(NCc1cccnc1)c1nnc(N2CCN(c3ccc(Cl)c(Cl)c3)CC2)c2ccccc12. The highest BCUT2D eigenvalue weighted by atomic mass is 35.5. The van der Waals surface area contributed by atoms with Gasteiger partial charge in [-0.15, -0.1) is 10.2 Å². The summed E-state index contributed by atoms with van der Waals surface area (Å²) in [6.07, 6.45) is 3.43.